The molecule has 2 heterocycles. The van der Waals surface area contributed by atoms with E-state index in [1.165, 1.54) is 0 Å². The van der Waals surface area contributed by atoms with E-state index >= 15 is 0 Å². The molecule has 1 saturated heterocycles. The number of aromatic nitrogens is 2. The first-order chi connectivity index (χ1) is 14.1. The molecule has 0 bridgehead atoms. The third kappa shape index (κ3) is 4.31. The molecule has 0 spiro atoms. The zero-order chi connectivity index (χ0) is 20.2. The Bertz CT molecular complexity index is 1010. The van der Waals surface area contributed by atoms with Gasteiger partial charge in [-0.1, -0.05) is 42.5 Å². The number of fused-ring (bicyclic) bond motifs is 1. The van der Waals surface area contributed by atoms with Crippen LogP contribution in [0.15, 0.2) is 54.6 Å². The van der Waals surface area contributed by atoms with Gasteiger partial charge < -0.3 is 14.8 Å². The lowest BCUT2D eigenvalue weighted by atomic mass is 10.1. The molecule has 1 aliphatic rings. The summed E-state index contributed by atoms with van der Waals surface area (Å²) in [4.78, 5) is 31.1. The summed E-state index contributed by atoms with van der Waals surface area (Å²) in [5, 5.41) is 3.01. The molecule has 1 aliphatic heterocycles. The summed E-state index contributed by atoms with van der Waals surface area (Å²) in [5.41, 5.74) is 3.20. The highest BCUT2D eigenvalue weighted by molar-refractivity contribution is 5.89. The number of nitrogens with zero attached hydrogens (tertiary/aromatic N) is 3. The highest BCUT2D eigenvalue weighted by Gasteiger charge is 2.33. The van der Waals surface area contributed by atoms with Crippen LogP contribution in [-0.4, -0.2) is 39.4 Å². The number of likely N-dealkylation sites (tertiary alicyclic amines) is 1. The molecule has 2 amide bonds. The Kier molecular flexibility index (Phi) is 5.60. The summed E-state index contributed by atoms with van der Waals surface area (Å²) in [7, 11) is 0. The molecule has 29 heavy (non-hydrogen) atoms. The molecule has 150 valence electrons. The third-order valence-corrected chi connectivity index (χ3v) is 5.50. The largest absolute Gasteiger partial charge is 0.356 e. The number of para-hydroxylation sites is 2. The average Bonchev–Trinajstić information content (AvgIpc) is 3.25. The Morgan fingerprint density at radius 1 is 1.14 bits per heavy atom. The molecule has 1 atom stereocenters. The summed E-state index contributed by atoms with van der Waals surface area (Å²) in [6.07, 6.45) is 1.12. The van der Waals surface area contributed by atoms with Crippen molar-refractivity contribution in [1.29, 1.82) is 0 Å². The monoisotopic (exact) mass is 390 g/mol. The fourth-order valence-corrected chi connectivity index (χ4v) is 3.98. The van der Waals surface area contributed by atoms with E-state index in [1.54, 1.807) is 4.90 Å². The second kappa shape index (κ2) is 8.47. The molecule has 1 fully saturated rings. The number of hydrogen-bond acceptors (Lipinski definition) is 3. The Balaban J connectivity index is 1.26. The van der Waals surface area contributed by atoms with Crippen LogP contribution >= 0.6 is 0 Å². The zero-order valence-corrected chi connectivity index (χ0v) is 16.7. The van der Waals surface area contributed by atoms with Crippen LogP contribution in [0.2, 0.25) is 0 Å². The van der Waals surface area contributed by atoms with Gasteiger partial charge in [-0.2, -0.15) is 0 Å². The molecule has 0 saturated carbocycles. The van der Waals surface area contributed by atoms with E-state index in [2.05, 4.69) is 20.9 Å². The normalized spacial score (nSPS) is 16.5. The van der Waals surface area contributed by atoms with Crippen molar-refractivity contribution in [2.45, 2.75) is 32.9 Å². The number of aryl methyl sites for hydroxylation is 2. The van der Waals surface area contributed by atoms with E-state index in [9.17, 15) is 9.59 Å². The number of nitrogens with one attached hydrogen (secondary N) is 1. The average molecular weight is 390 g/mol. The van der Waals surface area contributed by atoms with Gasteiger partial charge in [0.25, 0.3) is 0 Å². The fourth-order valence-electron chi connectivity index (χ4n) is 3.98. The Morgan fingerprint density at radius 2 is 1.90 bits per heavy atom. The van der Waals surface area contributed by atoms with Crippen LogP contribution in [0.4, 0.5) is 0 Å². The maximum Gasteiger partial charge on any atom is 0.225 e. The van der Waals surface area contributed by atoms with E-state index in [-0.39, 0.29) is 17.7 Å². The second-order valence-electron chi connectivity index (χ2n) is 7.60. The first-order valence-corrected chi connectivity index (χ1v) is 10.1. The molecule has 3 aromatic rings. The molecule has 0 radical (unpaired) electrons. The number of benzene rings is 2. The van der Waals surface area contributed by atoms with Crippen molar-refractivity contribution in [3.8, 4) is 0 Å². The Morgan fingerprint density at radius 3 is 2.72 bits per heavy atom. The first kappa shape index (κ1) is 19.2. The lowest BCUT2D eigenvalue weighted by molar-refractivity contribution is -0.129. The number of carbonyl (C=O) groups is 2. The lowest BCUT2D eigenvalue weighted by Gasteiger charge is -2.16. The van der Waals surface area contributed by atoms with E-state index in [0.29, 0.717) is 26.1 Å². The van der Waals surface area contributed by atoms with E-state index in [4.69, 9.17) is 0 Å². The van der Waals surface area contributed by atoms with E-state index in [1.807, 2.05) is 55.5 Å². The minimum Gasteiger partial charge on any atom is -0.356 e. The molecular formula is C23H26N4O2. The van der Waals surface area contributed by atoms with Gasteiger partial charge in [-0.3, -0.25) is 9.59 Å². The van der Waals surface area contributed by atoms with Gasteiger partial charge in [-0.05, 0) is 31.0 Å². The predicted octanol–water partition coefficient (Wildman–Crippen LogP) is 2.90. The molecule has 1 aromatic heterocycles. The smallest absolute Gasteiger partial charge is 0.225 e. The number of amides is 2. The molecular weight excluding hydrogens is 364 g/mol. The van der Waals surface area contributed by atoms with Crippen LogP contribution in [0.5, 0.6) is 0 Å². The van der Waals surface area contributed by atoms with Crippen molar-refractivity contribution in [1.82, 2.24) is 19.8 Å². The van der Waals surface area contributed by atoms with Crippen LogP contribution in [0.1, 0.15) is 24.2 Å². The quantitative estimate of drug-likeness (QED) is 0.631. The van der Waals surface area contributed by atoms with Crippen molar-refractivity contribution in [3.63, 3.8) is 0 Å². The fraction of sp³-hybridized carbons (Fsp3) is 0.348. The summed E-state index contributed by atoms with van der Waals surface area (Å²) in [6, 6.07) is 18.0. The van der Waals surface area contributed by atoms with Gasteiger partial charge in [0.15, 0.2) is 0 Å². The molecule has 0 aliphatic carbocycles. The highest BCUT2D eigenvalue weighted by Crippen LogP contribution is 2.20. The number of carbonyl (C=O) groups excluding carboxylic acids is 2. The second-order valence-corrected chi connectivity index (χ2v) is 7.60. The lowest BCUT2D eigenvalue weighted by Crippen LogP contribution is -2.33. The summed E-state index contributed by atoms with van der Waals surface area (Å²) >= 11 is 0. The summed E-state index contributed by atoms with van der Waals surface area (Å²) in [5.74, 6) is 0.744. The van der Waals surface area contributed by atoms with Crippen LogP contribution in [0.25, 0.3) is 11.0 Å². The molecule has 1 N–H and O–H groups in total. The highest BCUT2D eigenvalue weighted by atomic mass is 16.2. The van der Waals surface area contributed by atoms with Crippen molar-refractivity contribution in [2.24, 2.45) is 5.92 Å². The molecule has 2 aromatic carbocycles. The van der Waals surface area contributed by atoms with Crippen LogP contribution in [0.3, 0.4) is 0 Å². The summed E-state index contributed by atoms with van der Waals surface area (Å²) in [6.45, 7) is 4.45. The van der Waals surface area contributed by atoms with Crippen molar-refractivity contribution in [3.05, 3.63) is 66.0 Å². The van der Waals surface area contributed by atoms with Crippen LogP contribution < -0.4 is 5.32 Å². The predicted molar refractivity (Wildman–Crippen MR) is 112 cm³/mol. The number of imidazole rings is 1. The molecule has 1 unspecified atom stereocenters. The van der Waals surface area contributed by atoms with Gasteiger partial charge in [0.1, 0.15) is 5.82 Å². The van der Waals surface area contributed by atoms with Crippen LogP contribution in [-0.2, 0) is 22.7 Å². The Labute approximate surface area is 170 Å². The first-order valence-electron chi connectivity index (χ1n) is 10.1. The van der Waals surface area contributed by atoms with Crippen LogP contribution in [0, 0.1) is 12.8 Å². The van der Waals surface area contributed by atoms with Crippen molar-refractivity contribution >= 4 is 22.8 Å². The van der Waals surface area contributed by atoms with Gasteiger partial charge in [-0.15, -0.1) is 0 Å². The van der Waals surface area contributed by atoms with Gasteiger partial charge >= 0.3 is 0 Å². The SMILES string of the molecule is Cc1nc2ccccc2n1CCCNC(=O)C1CC(=O)N(Cc2ccccc2)C1. The zero-order valence-electron chi connectivity index (χ0n) is 16.7. The van der Waals surface area contributed by atoms with Gasteiger partial charge in [0, 0.05) is 32.6 Å². The molecule has 6 nitrogen and oxygen atoms in total. The topological polar surface area (TPSA) is 67.2 Å². The van der Waals surface area contributed by atoms with E-state index in [0.717, 1.165) is 35.4 Å². The van der Waals surface area contributed by atoms with E-state index < -0.39 is 0 Å². The van der Waals surface area contributed by atoms with Crippen molar-refractivity contribution in [2.75, 3.05) is 13.1 Å². The van der Waals surface area contributed by atoms with Crippen molar-refractivity contribution < 1.29 is 9.59 Å². The maximum atomic E-state index is 12.5. The van der Waals surface area contributed by atoms with Gasteiger partial charge in [-0.25, -0.2) is 4.98 Å². The minimum atomic E-state index is -0.262. The molecule has 4 rings (SSSR count). The maximum absolute atomic E-state index is 12.5. The minimum absolute atomic E-state index is 0.0267. The number of hydrogen-bond donors (Lipinski definition) is 1. The third-order valence-electron chi connectivity index (χ3n) is 5.50. The number of rotatable bonds is 7. The van der Waals surface area contributed by atoms with Gasteiger partial charge in [0.2, 0.25) is 11.8 Å². The van der Waals surface area contributed by atoms with Gasteiger partial charge in [0.05, 0.1) is 17.0 Å². The molecule has 6 heteroatoms. The standard InChI is InChI=1S/C23H26N4O2/c1-17-25-20-10-5-6-11-21(20)27(17)13-7-12-24-23(29)19-14-22(28)26(16-19)15-18-8-3-2-4-9-18/h2-6,8-11,19H,7,12-16H2,1H3,(H,24,29). The summed E-state index contributed by atoms with van der Waals surface area (Å²) < 4.78 is 2.18. The Hall–Kier alpha value is -3.15.